The Morgan fingerprint density at radius 1 is 1.14 bits per heavy atom. The molecule has 2 rings (SSSR count). The van der Waals surface area contributed by atoms with Crippen LogP contribution in [0.1, 0.15) is 38.7 Å². The molecule has 166 valence electrons. The van der Waals surface area contributed by atoms with Crippen molar-refractivity contribution in [1.82, 2.24) is 14.9 Å². The summed E-state index contributed by atoms with van der Waals surface area (Å²) < 4.78 is 32.3. The maximum atomic E-state index is 12.6. The molecule has 1 aromatic carbocycles. The number of nitrogens with one attached hydrogen (secondary N) is 2. The van der Waals surface area contributed by atoms with E-state index in [0.717, 1.165) is 31.4 Å². The minimum Gasteiger partial charge on any atom is -0.380 e. The predicted molar refractivity (Wildman–Crippen MR) is 128 cm³/mol. The maximum Gasteiger partial charge on any atom is 0.243 e. The molecule has 2 N–H and O–H groups in total. The van der Waals surface area contributed by atoms with Crippen molar-refractivity contribution < 1.29 is 13.2 Å². The van der Waals surface area contributed by atoms with Gasteiger partial charge in [-0.1, -0.05) is 26.0 Å². The number of aliphatic imine (C=N–C) groups is 1. The zero-order valence-corrected chi connectivity index (χ0v) is 20.8. The Labute approximate surface area is 192 Å². The normalized spacial score (nSPS) is 15.4. The van der Waals surface area contributed by atoms with Gasteiger partial charge in [-0.25, -0.2) is 8.42 Å². The summed E-state index contributed by atoms with van der Waals surface area (Å²) in [6, 6.07) is 7.06. The zero-order chi connectivity index (χ0) is 20.4. The van der Waals surface area contributed by atoms with Gasteiger partial charge in [0, 0.05) is 39.8 Å². The Bertz CT molecular complexity index is 718. The summed E-state index contributed by atoms with van der Waals surface area (Å²) in [5, 5.41) is 6.44. The lowest BCUT2D eigenvalue weighted by Crippen LogP contribution is -2.38. The van der Waals surface area contributed by atoms with E-state index < -0.39 is 10.0 Å². The van der Waals surface area contributed by atoms with E-state index in [0.29, 0.717) is 49.6 Å². The minimum atomic E-state index is -3.35. The Kier molecular flexibility index (Phi) is 12.1. The van der Waals surface area contributed by atoms with E-state index in [9.17, 15) is 8.42 Å². The van der Waals surface area contributed by atoms with E-state index in [1.54, 1.807) is 23.5 Å². The first-order valence-corrected chi connectivity index (χ1v) is 11.5. The van der Waals surface area contributed by atoms with Crippen molar-refractivity contribution in [2.45, 2.75) is 44.6 Å². The standard InChI is InChI=1S/C20H34N4O3S.HI/c1-17(2)10-14-27-15-11-22-20(21-3)23-16-18-6-8-19(9-7-18)28(25,26)24-12-4-5-13-24;/h6-9,17H,4-5,10-16H2,1-3H3,(H2,21,22,23);1H. The second-order valence-electron chi connectivity index (χ2n) is 7.40. The third-order valence-corrected chi connectivity index (χ3v) is 6.60. The van der Waals surface area contributed by atoms with Gasteiger partial charge in [0.25, 0.3) is 0 Å². The monoisotopic (exact) mass is 538 g/mol. The van der Waals surface area contributed by atoms with Crippen molar-refractivity contribution in [2.24, 2.45) is 10.9 Å². The van der Waals surface area contributed by atoms with E-state index in [1.807, 2.05) is 12.1 Å². The molecule has 0 aromatic heterocycles. The lowest BCUT2D eigenvalue weighted by molar-refractivity contribution is 0.128. The number of sulfonamides is 1. The Hall–Kier alpha value is -0.910. The molecular weight excluding hydrogens is 503 g/mol. The van der Waals surface area contributed by atoms with E-state index in [1.165, 1.54) is 0 Å². The molecule has 1 aliphatic rings. The average molecular weight is 538 g/mol. The van der Waals surface area contributed by atoms with Gasteiger partial charge in [-0.2, -0.15) is 4.31 Å². The van der Waals surface area contributed by atoms with Crippen molar-refractivity contribution in [3.63, 3.8) is 0 Å². The quantitative estimate of drug-likeness (QED) is 0.207. The number of hydrogen-bond acceptors (Lipinski definition) is 4. The Morgan fingerprint density at radius 3 is 2.38 bits per heavy atom. The van der Waals surface area contributed by atoms with Gasteiger partial charge in [0.05, 0.1) is 11.5 Å². The molecule has 0 radical (unpaired) electrons. The molecule has 0 bridgehead atoms. The van der Waals surface area contributed by atoms with Gasteiger partial charge in [0.15, 0.2) is 5.96 Å². The van der Waals surface area contributed by atoms with Crippen LogP contribution in [0.3, 0.4) is 0 Å². The average Bonchev–Trinajstić information content (AvgIpc) is 3.22. The molecule has 9 heteroatoms. The summed E-state index contributed by atoms with van der Waals surface area (Å²) in [5.74, 6) is 1.35. The largest absolute Gasteiger partial charge is 0.380 e. The van der Waals surface area contributed by atoms with Gasteiger partial charge in [0.2, 0.25) is 10.0 Å². The molecule has 29 heavy (non-hydrogen) atoms. The highest BCUT2D eigenvalue weighted by Crippen LogP contribution is 2.21. The molecule has 0 saturated carbocycles. The van der Waals surface area contributed by atoms with Crippen LogP contribution in [0.4, 0.5) is 0 Å². The summed E-state index contributed by atoms with van der Waals surface area (Å²) in [5.41, 5.74) is 0.997. The van der Waals surface area contributed by atoms with Gasteiger partial charge < -0.3 is 15.4 Å². The SMILES string of the molecule is CN=C(NCCOCCC(C)C)NCc1ccc(S(=O)(=O)N2CCCC2)cc1.I. The molecule has 0 unspecified atom stereocenters. The fourth-order valence-corrected chi connectivity index (χ4v) is 4.44. The smallest absolute Gasteiger partial charge is 0.243 e. The van der Waals surface area contributed by atoms with Gasteiger partial charge in [-0.3, -0.25) is 4.99 Å². The first-order valence-electron chi connectivity index (χ1n) is 10.0. The van der Waals surface area contributed by atoms with Crippen molar-refractivity contribution in [2.75, 3.05) is 39.9 Å². The van der Waals surface area contributed by atoms with E-state index in [2.05, 4.69) is 29.5 Å². The fraction of sp³-hybridized carbons (Fsp3) is 0.650. The van der Waals surface area contributed by atoms with Crippen molar-refractivity contribution >= 4 is 40.0 Å². The summed E-state index contributed by atoms with van der Waals surface area (Å²) >= 11 is 0. The van der Waals surface area contributed by atoms with Crippen LogP contribution in [-0.4, -0.2) is 58.6 Å². The van der Waals surface area contributed by atoms with Crippen LogP contribution in [0.25, 0.3) is 0 Å². The molecule has 0 spiro atoms. The van der Waals surface area contributed by atoms with Crippen molar-refractivity contribution in [3.05, 3.63) is 29.8 Å². The molecule has 1 saturated heterocycles. The van der Waals surface area contributed by atoms with Crippen molar-refractivity contribution in [3.8, 4) is 0 Å². The molecule has 7 nitrogen and oxygen atoms in total. The third kappa shape index (κ3) is 8.77. The Morgan fingerprint density at radius 2 is 1.79 bits per heavy atom. The van der Waals surface area contributed by atoms with Crippen LogP contribution in [0.2, 0.25) is 0 Å². The molecule has 0 aliphatic carbocycles. The van der Waals surface area contributed by atoms with Gasteiger partial charge in [0.1, 0.15) is 0 Å². The molecular formula is C20H35IN4O3S. The van der Waals surface area contributed by atoms with Gasteiger partial charge >= 0.3 is 0 Å². The summed E-state index contributed by atoms with van der Waals surface area (Å²) in [6.07, 6.45) is 2.95. The topological polar surface area (TPSA) is 83.0 Å². The summed E-state index contributed by atoms with van der Waals surface area (Å²) in [7, 11) is -1.63. The third-order valence-electron chi connectivity index (χ3n) is 4.69. The second-order valence-corrected chi connectivity index (χ2v) is 9.34. The number of ether oxygens (including phenoxy) is 1. The minimum absolute atomic E-state index is 0. The van der Waals surface area contributed by atoms with Gasteiger partial charge in [-0.05, 0) is 42.9 Å². The first kappa shape index (κ1) is 26.1. The number of rotatable bonds is 10. The highest BCUT2D eigenvalue weighted by Gasteiger charge is 2.26. The molecule has 1 aliphatic heterocycles. The first-order chi connectivity index (χ1) is 13.4. The maximum absolute atomic E-state index is 12.6. The van der Waals surface area contributed by atoms with Crippen LogP contribution in [0.15, 0.2) is 34.2 Å². The number of hydrogen-bond donors (Lipinski definition) is 2. The molecule has 1 fully saturated rings. The Balaban J connectivity index is 0.00000420. The number of nitrogens with zero attached hydrogens (tertiary/aromatic N) is 2. The number of halogens is 1. The zero-order valence-electron chi connectivity index (χ0n) is 17.7. The van der Waals surface area contributed by atoms with Crippen LogP contribution in [0, 0.1) is 5.92 Å². The lowest BCUT2D eigenvalue weighted by atomic mass is 10.1. The fourth-order valence-electron chi connectivity index (χ4n) is 2.93. The highest BCUT2D eigenvalue weighted by molar-refractivity contribution is 14.0. The number of guanidine groups is 1. The molecule has 1 heterocycles. The van der Waals surface area contributed by atoms with Gasteiger partial charge in [-0.15, -0.1) is 24.0 Å². The summed E-state index contributed by atoms with van der Waals surface area (Å²) in [4.78, 5) is 4.55. The summed E-state index contributed by atoms with van der Waals surface area (Å²) in [6.45, 7) is 8.27. The van der Waals surface area contributed by atoms with Crippen molar-refractivity contribution in [1.29, 1.82) is 0 Å². The van der Waals surface area contributed by atoms with E-state index in [4.69, 9.17) is 4.74 Å². The van der Waals surface area contributed by atoms with Crippen LogP contribution in [-0.2, 0) is 21.3 Å². The lowest BCUT2D eigenvalue weighted by Gasteiger charge is -2.16. The molecule has 0 atom stereocenters. The second kappa shape index (κ2) is 13.4. The molecule has 1 aromatic rings. The number of benzene rings is 1. The van der Waals surface area contributed by atoms with Crippen LogP contribution in [0.5, 0.6) is 0 Å². The van der Waals surface area contributed by atoms with Crippen LogP contribution >= 0.6 is 24.0 Å². The van der Waals surface area contributed by atoms with Crippen LogP contribution < -0.4 is 10.6 Å². The predicted octanol–water partition coefficient (Wildman–Crippen LogP) is 2.82. The highest BCUT2D eigenvalue weighted by atomic mass is 127. The molecule has 0 amide bonds. The van der Waals surface area contributed by atoms with E-state index in [-0.39, 0.29) is 24.0 Å². The van der Waals surface area contributed by atoms with E-state index >= 15 is 0 Å².